The molecule has 3 heteroatoms. The van der Waals surface area contributed by atoms with Gasteiger partial charge in [-0.3, -0.25) is 4.79 Å². The highest BCUT2D eigenvalue weighted by molar-refractivity contribution is 5.84. The van der Waals surface area contributed by atoms with Gasteiger partial charge >= 0.3 is 0 Å². The highest BCUT2D eigenvalue weighted by Gasteiger charge is 2.26. The van der Waals surface area contributed by atoms with Crippen LogP contribution in [0.5, 0.6) is 0 Å². The minimum absolute atomic E-state index is 0.213. The molecule has 2 aromatic rings. The Morgan fingerprint density at radius 2 is 2.17 bits per heavy atom. The zero-order valence-corrected chi connectivity index (χ0v) is 10.6. The standard InChI is InChI=1S/C15H18N2O/c1-10(18)11-6-7-16-15(8-11)13-9-17-14-5-3-2-4-12(13)14/h2-5,9,11,15-17H,6-8H2,1H3. The SMILES string of the molecule is CC(=O)C1CCNC(c2c[nH]c3ccccc23)C1. The van der Waals surface area contributed by atoms with Gasteiger partial charge in [0.1, 0.15) is 5.78 Å². The number of H-pyrrole nitrogens is 1. The van der Waals surface area contributed by atoms with Gasteiger partial charge in [0.25, 0.3) is 0 Å². The van der Waals surface area contributed by atoms with Crippen molar-refractivity contribution in [1.29, 1.82) is 0 Å². The smallest absolute Gasteiger partial charge is 0.133 e. The average molecular weight is 242 g/mol. The van der Waals surface area contributed by atoms with Crippen LogP contribution in [-0.2, 0) is 4.79 Å². The number of para-hydroxylation sites is 1. The molecule has 0 radical (unpaired) electrons. The number of nitrogens with one attached hydrogen (secondary N) is 2. The number of Topliss-reactive ketones (excluding diaryl/α,β-unsaturated/α-hetero) is 1. The summed E-state index contributed by atoms with van der Waals surface area (Å²) in [5, 5.41) is 4.79. The van der Waals surface area contributed by atoms with E-state index in [2.05, 4.69) is 34.7 Å². The summed E-state index contributed by atoms with van der Waals surface area (Å²) in [5.41, 5.74) is 2.45. The molecule has 0 bridgehead atoms. The summed E-state index contributed by atoms with van der Waals surface area (Å²) in [7, 11) is 0. The number of ketones is 1. The first kappa shape index (κ1) is 11.5. The Kier molecular flexibility index (Phi) is 2.92. The molecule has 1 aromatic heterocycles. The summed E-state index contributed by atoms with van der Waals surface area (Å²) < 4.78 is 0. The highest BCUT2D eigenvalue weighted by Crippen LogP contribution is 2.32. The Hall–Kier alpha value is -1.61. The predicted octanol–water partition coefficient (Wildman–Crippen LogP) is 2.80. The summed E-state index contributed by atoms with van der Waals surface area (Å²) in [6.45, 7) is 2.64. The summed E-state index contributed by atoms with van der Waals surface area (Å²) in [6, 6.07) is 8.62. The number of piperidine rings is 1. The van der Waals surface area contributed by atoms with Gasteiger partial charge in [0, 0.05) is 29.1 Å². The molecule has 2 N–H and O–H groups in total. The van der Waals surface area contributed by atoms with Crippen LogP contribution < -0.4 is 5.32 Å². The number of carbonyl (C=O) groups is 1. The maximum absolute atomic E-state index is 11.5. The van der Waals surface area contributed by atoms with Gasteiger partial charge in [-0.1, -0.05) is 18.2 Å². The second kappa shape index (κ2) is 4.58. The third-order valence-corrected chi connectivity index (χ3v) is 3.98. The van der Waals surface area contributed by atoms with Gasteiger partial charge in [-0.05, 0) is 37.9 Å². The number of carbonyl (C=O) groups excluding carboxylic acids is 1. The van der Waals surface area contributed by atoms with Crippen LogP contribution in [0.25, 0.3) is 10.9 Å². The molecule has 3 rings (SSSR count). The predicted molar refractivity (Wildman–Crippen MR) is 72.4 cm³/mol. The van der Waals surface area contributed by atoms with Crippen LogP contribution in [0.15, 0.2) is 30.5 Å². The van der Waals surface area contributed by atoms with Crippen LogP contribution in [0.3, 0.4) is 0 Å². The lowest BCUT2D eigenvalue weighted by Crippen LogP contribution is -2.34. The van der Waals surface area contributed by atoms with Crippen molar-refractivity contribution in [3.63, 3.8) is 0 Å². The van der Waals surface area contributed by atoms with E-state index in [4.69, 9.17) is 0 Å². The first-order valence-corrected chi connectivity index (χ1v) is 6.55. The zero-order chi connectivity index (χ0) is 12.5. The van der Waals surface area contributed by atoms with Crippen LogP contribution in [0.1, 0.15) is 31.4 Å². The Bertz CT molecular complexity index is 573. The number of fused-ring (bicyclic) bond motifs is 1. The Labute approximate surface area is 107 Å². The minimum atomic E-state index is 0.213. The summed E-state index contributed by atoms with van der Waals surface area (Å²) >= 11 is 0. The van der Waals surface area contributed by atoms with Crippen molar-refractivity contribution >= 4 is 16.7 Å². The minimum Gasteiger partial charge on any atom is -0.361 e. The molecule has 18 heavy (non-hydrogen) atoms. The largest absolute Gasteiger partial charge is 0.361 e. The van der Waals surface area contributed by atoms with Gasteiger partial charge in [0.2, 0.25) is 0 Å². The third-order valence-electron chi connectivity index (χ3n) is 3.98. The van der Waals surface area contributed by atoms with Gasteiger partial charge in [0.05, 0.1) is 0 Å². The Balaban J connectivity index is 1.92. The molecule has 94 valence electrons. The van der Waals surface area contributed by atoms with E-state index < -0.39 is 0 Å². The van der Waals surface area contributed by atoms with Crippen molar-refractivity contribution in [3.8, 4) is 0 Å². The lowest BCUT2D eigenvalue weighted by molar-refractivity contribution is -0.121. The molecule has 0 saturated carbocycles. The monoisotopic (exact) mass is 242 g/mol. The molecule has 2 heterocycles. The summed E-state index contributed by atoms with van der Waals surface area (Å²) in [5.74, 6) is 0.534. The quantitative estimate of drug-likeness (QED) is 0.850. The van der Waals surface area contributed by atoms with E-state index in [0.29, 0.717) is 11.8 Å². The van der Waals surface area contributed by atoms with Crippen LogP contribution >= 0.6 is 0 Å². The molecular formula is C15H18N2O. The maximum Gasteiger partial charge on any atom is 0.133 e. The fraction of sp³-hybridized carbons (Fsp3) is 0.400. The van der Waals surface area contributed by atoms with Crippen molar-refractivity contribution in [3.05, 3.63) is 36.0 Å². The summed E-state index contributed by atoms with van der Waals surface area (Å²) in [4.78, 5) is 14.8. The number of benzene rings is 1. The Morgan fingerprint density at radius 1 is 1.33 bits per heavy atom. The molecule has 2 atom stereocenters. The lowest BCUT2D eigenvalue weighted by atomic mass is 9.86. The van der Waals surface area contributed by atoms with Crippen molar-refractivity contribution in [2.45, 2.75) is 25.8 Å². The number of aromatic amines is 1. The molecule has 0 aliphatic carbocycles. The molecule has 3 nitrogen and oxygen atoms in total. The van der Waals surface area contributed by atoms with Crippen molar-refractivity contribution in [2.75, 3.05) is 6.54 Å². The molecule has 1 aliphatic rings. The van der Waals surface area contributed by atoms with Crippen LogP contribution in [-0.4, -0.2) is 17.3 Å². The van der Waals surface area contributed by atoms with E-state index in [0.717, 1.165) is 19.4 Å². The topological polar surface area (TPSA) is 44.9 Å². The number of hydrogen-bond acceptors (Lipinski definition) is 2. The van der Waals surface area contributed by atoms with Crippen molar-refractivity contribution < 1.29 is 4.79 Å². The van der Waals surface area contributed by atoms with E-state index >= 15 is 0 Å². The number of rotatable bonds is 2. The van der Waals surface area contributed by atoms with Gasteiger partial charge in [-0.2, -0.15) is 0 Å². The number of hydrogen-bond donors (Lipinski definition) is 2. The van der Waals surface area contributed by atoms with E-state index in [-0.39, 0.29) is 5.92 Å². The lowest BCUT2D eigenvalue weighted by Gasteiger charge is -2.28. The molecule has 1 aromatic carbocycles. The first-order chi connectivity index (χ1) is 8.75. The second-order valence-electron chi connectivity index (χ2n) is 5.13. The van der Waals surface area contributed by atoms with Crippen molar-refractivity contribution in [1.82, 2.24) is 10.3 Å². The third kappa shape index (κ3) is 1.95. The van der Waals surface area contributed by atoms with E-state index in [1.54, 1.807) is 6.92 Å². The molecule has 1 saturated heterocycles. The molecule has 0 amide bonds. The average Bonchev–Trinajstić information content (AvgIpc) is 2.82. The summed E-state index contributed by atoms with van der Waals surface area (Å²) in [6.07, 6.45) is 3.95. The van der Waals surface area contributed by atoms with Crippen molar-refractivity contribution in [2.24, 2.45) is 5.92 Å². The van der Waals surface area contributed by atoms with Gasteiger partial charge in [-0.25, -0.2) is 0 Å². The van der Waals surface area contributed by atoms with E-state index in [1.165, 1.54) is 16.5 Å². The van der Waals surface area contributed by atoms with E-state index in [1.807, 2.05) is 6.07 Å². The van der Waals surface area contributed by atoms with Gasteiger partial charge < -0.3 is 10.3 Å². The van der Waals surface area contributed by atoms with Crippen LogP contribution in [0, 0.1) is 5.92 Å². The molecule has 0 spiro atoms. The fourth-order valence-electron chi connectivity index (χ4n) is 2.91. The first-order valence-electron chi connectivity index (χ1n) is 6.55. The second-order valence-corrected chi connectivity index (χ2v) is 5.13. The van der Waals surface area contributed by atoms with Gasteiger partial charge in [0.15, 0.2) is 0 Å². The molecular weight excluding hydrogens is 224 g/mol. The fourth-order valence-corrected chi connectivity index (χ4v) is 2.91. The van der Waals surface area contributed by atoms with E-state index in [9.17, 15) is 4.79 Å². The molecule has 1 fully saturated rings. The highest BCUT2D eigenvalue weighted by atomic mass is 16.1. The Morgan fingerprint density at radius 3 is 3.00 bits per heavy atom. The number of aromatic nitrogens is 1. The maximum atomic E-state index is 11.5. The molecule has 2 unspecified atom stereocenters. The normalized spacial score (nSPS) is 24.3. The molecule has 1 aliphatic heterocycles. The van der Waals surface area contributed by atoms with Crippen LogP contribution in [0.2, 0.25) is 0 Å². The van der Waals surface area contributed by atoms with Gasteiger partial charge in [-0.15, -0.1) is 0 Å². The van der Waals surface area contributed by atoms with Crippen LogP contribution in [0.4, 0.5) is 0 Å². The zero-order valence-electron chi connectivity index (χ0n) is 10.6.